The van der Waals surface area contributed by atoms with Crippen LogP contribution >= 0.6 is 11.6 Å². The number of nitrogens with zero attached hydrogens (tertiary/aromatic N) is 4. The van der Waals surface area contributed by atoms with Crippen LogP contribution in [0.2, 0.25) is 5.02 Å². The highest BCUT2D eigenvalue weighted by atomic mass is 35.5. The molecule has 0 fully saturated rings. The second kappa shape index (κ2) is 11.8. The minimum Gasteiger partial charge on any atom is -0.488 e. The van der Waals surface area contributed by atoms with Crippen LogP contribution in [-0.2, 0) is 0 Å². The fourth-order valence-corrected chi connectivity index (χ4v) is 5.41. The summed E-state index contributed by atoms with van der Waals surface area (Å²) >= 11 is 6.52. The molecule has 0 amide bonds. The number of halogens is 2. The predicted molar refractivity (Wildman–Crippen MR) is 170 cm³/mol. The quantitative estimate of drug-likeness (QED) is 0.172. The second-order valence-electron chi connectivity index (χ2n) is 10.4. The van der Waals surface area contributed by atoms with Gasteiger partial charge in [-0.05, 0) is 88.0 Å². The van der Waals surface area contributed by atoms with Gasteiger partial charge in [-0.2, -0.15) is 5.10 Å². The highest BCUT2D eigenvalue weighted by Gasteiger charge is 2.26. The molecule has 5 aromatic rings. The summed E-state index contributed by atoms with van der Waals surface area (Å²) in [6.45, 7) is 13.5. The van der Waals surface area contributed by atoms with E-state index < -0.39 is 11.9 Å². The Hall–Kier alpha value is -4.49. The largest absolute Gasteiger partial charge is 0.488 e. The molecule has 0 saturated heterocycles. The molecule has 2 aromatic heterocycles. The van der Waals surface area contributed by atoms with Crippen LogP contribution in [-0.4, -0.2) is 26.7 Å². The first-order valence-electron chi connectivity index (χ1n) is 13.8. The Kier molecular flexibility index (Phi) is 8.14. The van der Waals surface area contributed by atoms with Gasteiger partial charge in [0.05, 0.1) is 28.2 Å². The van der Waals surface area contributed by atoms with Crippen molar-refractivity contribution in [3.8, 4) is 22.7 Å². The Morgan fingerprint density at radius 3 is 2.45 bits per heavy atom. The maximum Gasteiger partial charge on any atom is 0.264 e. The van der Waals surface area contributed by atoms with Crippen LogP contribution in [0, 0.1) is 5.82 Å². The van der Waals surface area contributed by atoms with E-state index >= 15 is 4.39 Å². The lowest BCUT2D eigenvalue weighted by Gasteiger charge is -2.21. The monoisotopic (exact) mass is 582 g/mol. The van der Waals surface area contributed by atoms with Crippen LogP contribution in [0.1, 0.15) is 51.9 Å². The molecule has 0 aliphatic rings. The fraction of sp³-hybridized carbons (Fsp3) is 0.206. The molecule has 3 aromatic carbocycles. The van der Waals surface area contributed by atoms with Gasteiger partial charge in [0.25, 0.3) is 5.56 Å². The third-order valence-corrected chi connectivity index (χ3v) is 7.28. The standard InChI is InChI=1S/C34H32ClFN4O2/c1-7-37-33-30(20(2)3)32(24-16-17-29(27(36)18-24)42-21(4)5)38-40(33)22(6)28-19-23-12-11-15-26(35)31(23)34(41)39(28)25-13-9-8-10-14-25/h7-19,21-22H,2H2,1,3-6H3. The zero-order valence-electron chi connectivity index (χ0n) is 24.2. The number of aromatic nitrogens is 3. The van der Waals surface area contributed by atoms with Crippen LogP contribution in [0.4, 0.5) is 10.2 Å². The van der Waals surface area contributed by atoms with E-state index in [9.17, 15) is 4.79 Å². The first-order chi connectivity index (χ1) is 20.1. The average Bonchev–Trinajstić information content (AvgIpc) is 3.33. The van der Waals surface area contributed by atoms with Gasteiger partial charge < -0.3 is 4.74 Å². The number of hydrogen-bond donors (Lipinski definition) is 0. The van der Waals surface area contributed by atoms with Crippen LogP contribution in [0.3, 0.4) is 0 Å². The maximum absolute atomic E-state index is 15.1. The fourth-order valence-electron chi connectivity index (χ4n) is 5.15. The number of allylic oxidation sites excluding steroid dienone is 1. The molecule has 6 nitrogen and oxygen atoms in total. The number of ether oxygens (including phenoxy) is 1. The summed E-state index contributed by atoms with van der Waals surface area (Å²) in [4.78, 5) is 18.7. The number of hydrogen-bond acceptors (Lipinski definition) is 4. The van der Waals surface area contributed by atoms with Crippen molar-refractivity contribution in [2.45, 2.75) is 46.8 Å². The van der Waals surface area contributed by atoms with Crippen LogP contribution in [0.5, 0.6) is 5.75 Å². The number of fused-ring (bicyclic) bond motifs is 1. The minimum absolute atomic E-state index is 0.166. The van der Waals surface area contributed by atoms with Crippen LogP contribution in [0.15, 0.2) is 89.2 Å². The number of rotatable bonds is 8. The molecular weight excluding hydrogens is 551 g/mol. The van der Waals surface area contributed by atoms with E-state index in [1.165, 1.54) is 6.07 Å². The van der Waals surface area contributed by atoms with E-state index in [0.717, 1.165) is 11.0 Å². The Labute approximate surface area is 249 Å². The molecule has 8 heteroatoms. The zero-order chi connectivity index (χ0) is 30.1. The number of pyridine rings is 1. The molecule has 5 rings (SSSR count). The third kappa shape index (κ3) is 5.28. The van der Waals surface area contributed by atoms with E-state index in [2.05, 4.69) is 11.6 Å². The summed E-state index contributed by atoms with van der Waals surface area (Å²) in [7, 11) is 0. The van der Waals surface area contributed by atoms with Crippen LogP contribution < -0.4 is 10.3 Å². The average molecular weight is 583 g/mol. The third-order valence-electron chi connectivity index (χ3n) is 6.96. The second-order valence-corrected chi connectivity index (χ2v) is 10.8. The topological polar surface area (TPSA) is 61.4 Å². The minimum atomic E-state index is -0.485. The van der Waals surface area contributed by atoms with Gasteiger partial charge in [-0.3, -0.25) is 9.36 Å². The Balaban J connectivity index is 1.78. The summed E-state index contributed by atoms with van der Waals surface area (Å²) in [6, 6.07) is 21.1. The van der Waals surface area contributed by atoms with Gasteiger partial charge in [0, 0.05) is 23.0 Å². The lowest BCUT2D eigenvalue weighted by Crippen LogP contribution is -2.26. The van der Waals surface area contributed by atoms with Gasteiger partial charge in [-0.25, -0.2) is 14.1 Å². The van der Waals surface area contributed by atoms with E-state index in [1.807, 2.05) is 83.1 Å². The smallest absolute Gasteiger partial charge is 0.264 e. The zero-order valence-corrected chi connectivity index (χ0v) is 25.0. The van der Waals surface area contributed by atoms with Crippen LogP contribution in [0.25, 0.3) is 33.3 Å². The van der Waals surface area contributed by atoms with Gasteiger partial charge in [0.15, 0.2) is 17.4 Å². The molecule has 0 aliphatic heterocycles. The Bertz CT molecular complexity index is 1890. The lowest BCUT2D eigenvalue weighted by molar-refractivity contribution is 0.231. The molecule has 214 valence electrons. The van der Waals surface area contributed by atoms with Crippen molar-refractivity contribution in [2.75, 3.05) is 0 Å². The molecule has 0 bridgehead atoms. The molecule has 42 heavy (non-hydrogen) atoms. The highest BCUT2D eigenvalue weighted by Crippen LogP contribution is 2.40. The molecule has 0 N–H and O–H groups in total. The first kappa shape index (κ1) is 29.0. The number of para-hydroxylation sites is 1. The van der Waals surface area contributed by atoms with Gasteiger partial charge in [-0.15, -0.1) is 0 Å². The summed E-state index contributed by atoms with van der Waals surface area (Å²) in [5.41, 5.74) is 3.65. The van der Waals surface area contributed by atoms with E-state index in [4.69, 9.17) is 21.4 Å². The molecule has 0 radical (unpaired) electrons. The van der Waals surface area contributed by atoms with Gasteiger partial charge in [0.2, 0.25) is 0 Å². The summed E-state index contributed by atoms with van der Waals surface area (Å²) < 4.78 is 24.1. The molecule has 0 spiro atoms. The van der Waals surface area contributed by atoms with Gasteiger partial charge in [-0.1, -0.05) is 48.5 Å². The van der Waals surface area contributed by atoms with Crippen molar-refractivity contribution in [3.05, 3.63) is 112 Å². The molecule has 1 unspecified atom stereocenters. The van der Waals surface area contributed by atoms with Crippen molar-refractivity contribution in [2.24, 2.45) is 4.99 Å². The van der Waals surface area contributed by atoms with E-state index in [1.54, 1.807) is 33.7 Å². The Morgan fingerprint density at radius 1 is 1.07 bits per heavy atom. The lowest BCUT2D eigenvalue weighted by atomic mass is 10.0. The van der Waals surface area contributed by atoms with Crippen molar-refractivity contribution in [3.63, 3.8) is 0 Å². The summed E-state index contributed by atoms with van der Waals surface area (Å²) in [5.74, 6) is 0.238. The molecular formula is C34H32ClFN4O2. The number of aliphatic imine (C=N–C) groups is 1. The van der Waals surface area contributed by atoms with E-state index in [-0.39, 0.29) is 17.4 Å². The summed E-state index contributed by atoms with van der Waals surface area (Å²) in [6.07, 6.45) is 1.52. The van der Waals surface area contributed by atoms with Crippen molar-refractivity contribution in [1.29, 1.82) is 0 Å². The van der Waals surface area contributed by atoms with Crippen molar-refractivity contribution >= 4 is 40.0 Å². The van der Waals surface area contributed by atoms with Gasteiger partial charge >= 0.3 is 0 Å². The van der Waals surface area contributed by atoms with Gasteiger partial charge in [0.1, 0.15) is 5.69 Å². The molecule has 1 atom stereocenters. The SMILES string of the molecule is C=C(C)c1c(-c2ccc(OC(C)C)c(F)c2)nn(C(C)c2cc3cccc(Cl)c3c(=O)n2-c2ccccc2)c1N=CC. The maximum atomic E-state index is 15.1. The highest BCUT2D eigenvalue weighted by molar-refractivity contribution is 6.35. The normalized spacial score (nSPS) is 12.4. The first-order valence-corrected chi connectivity index (χ1v) is 14.1. The molecule has 2 heterocycles. The molecule has 0 saturated carbocycles. The Morgan fingerprint density at radius 2 is 1.81 bits per heavy atom. The summed E-state index contributed by atoms with van der Waals surface area (Å²) in [5, 5.41) is 6.53. The van der Waals surface area contributed by atoms with Crippen molar-refractivity contribution < 1.29 is 9.13 Å². The van der Waals surface area contributed by atoms with E-state index in [0.29, 0.717) is 44.4 Å². The number of benzene rings is 3. The predicted octanol–water partition coefficient (Wildman–Crippen LogP) is 8.80. The van der Waals surface area contributed by atoms with Crippen molar-refractivity contribution in [1.82, 2.24) is 14.3 Å². The molecule has 0 aliphatic carbocycles.